The monoisotopic (exact) mass is 751 g/mol. The van der Waals surface area contributed by atoms with E-state index in [1.165, 1.54) is 77.5 Å². The van der Waals surface area contributed by atoms with Crippen LogP contribution >= 0.6 is 0 Å². The van der Waals surface area contributed by atoms with Gasteiger partial charge in [-0.25, -0.2) is 0 Å². The number of nitrogens with zero attached hydrogens (tertiary/aromatic N) is 1. The second kappa shape index (κ2) is 14.0. The van der Waals surface area contributed by atoms with Gasteiger partial charge in [0.1, 0.15) is 0 Å². The molecule has 0 bridgehead atoms. The van der Waals surface area contributed by atoms with Crippen LogP contribution in [0.1, 0.15) is 77.6 Å². The molecule has 0 aliphatic heterocycles. The summed E-state index contributed by atoms with van der Waals surface area (Å²) >= 11 is 0. The highest BCUT2D eigenvalue weighted by Gasteiger charge is 2.35. The first-order valence-electron chi connectivity index (χ1n) is 20.8. The van der Waals surface area contributed by atoms with Gasteiger partial charge in [-0.2, -0.15) is 0 Å². The maximum atomic E-state index is 2.47. The zero-order chi connectivity index (χ0) is 40.4. The van der Waals surface area contributed by atoms with Crippen molar-refractivity contribution in [3.8, 4) is 44.5 Å². The quantitative estimate of drug-likeness (QED) is 0.164. The summed E-state index contributed by atoms with van der Waals surface area (Å²) in [5.41, 5.74) is 18.8. The van der Waals surface area contributed by atoms with Gasteiger partial charge >= 0.3 is 0 Å². The number of anilines is 3. The minimum atomic E-state index is -0.0886. The van der Waals surface area contributed by atoms with Crippen molar-refractivity contribution < 1.29 is 0 Å². The molecule has 8 aromatic carbocycles. The first-order valence-corrected chi connectivity index (χ1v) is 20.8. The highest BCUT2D eigenvalue weighted by molar-refractivity contribution is 6.09. The average Bonchev–Trinajstić information content (AvgIpc) is 3.46. The molecule has 8 aromatic rings. The highest BCUT2D eigenvalue weighted by atomic mass is 15.1. The van der Waals surface area contributed by atoms with Crippen molar-refractivity contribution in [2.75, 3.05) is 4.90 Å². The Labute approximate surface area is 345 Å². The lowest BCUT2D eigenvalue weighted by Crippen LogP contribution is -2.16. The molecule has 1 nitrogen and oxygen atoms in total. The number of hydrogen-bond acceptors (Lipinski definition) is 1. The second-order valence-electron chi connectivity index (χ2n) is 18.6. The van der Waals surface area contributed by atoms with Crippen LogP contribution in [0.5, 0.6) is 0 Å². The molecule has 0 radical (unpaired) electrons. The highest BCUT2D eigenvalue weighted by Crippen LogP contribution is 2.52. The van der Waals surface area contributed by atoms with Crippen LogP contribution in [0.3, 0.4) is 0 Å². The number of fused-ring (bicyclic) bond motifs is 4. The molecule has 1 heteroatoms. The molecular formula is C57H53N. The second-order valence-corrected chi connectivity index (χ2v) is 18.6. The molecule has 0 fully saturated rings. The molecule has 1 aliphatic carbocycles. The number of para-hydroxylation sites is 3. The minimum absolute atomic E-state index is 0.0121. The maximum absolute atomic E-state index is 2.47. The molecule has 9 rings (SSSR count). The van der Waals surface area contributed by atoms with Gasteiger partial charge in [0.2, 0.25) is 0 Å². The van der Waals surface area contributed by atoms with Crippen LogP contribution in [-0.2, 0) is 16.2 Å². The summed E-state index contributed by atoms with van der Waals surface area (Å²) in [7, 11) is 0. The third-order valence-electron chi connectivity index (χ3n) is 12.4. The summed E-state index contributed by atoms with van der Waals surface area (Å²) in [6.07, 6.45) is 0. The van der Waals surface area contributed by atoms with Crippen LogP contribution < -0.4 is 4.90 Å². The number of benzene rings is 8. The Balaban J connectivity index is 1.26. The van der Waals surface area contributed by atoms with E-state index in [0.717, 1.165) is 17.1 Å². The molecular weight excluding hydrogens is 699 g/mol. The van der Waals surface area contributed by atoms with Crippen LogP contribution in [0.4, 0.5) is 17.1 Å². The summed E-state index contributed by atoms with van der Waals surface area (Å²) in [6.45, 7) is 18.7. The van der Waals surface area contributed by atoms with Crippen LogP contribution in [0.2, 0.25) is 0 Å². The summed E-state index contributed by atoms with van der Waals surface area (Å²) in [5.74, 6) is 0. The largest absolute Gasteiger partial charge is 0.309 e. The van der Waals surface area contributed by atoms with Gasteiger partial charge in [0.05, 0.1) is 11.4 Å². The fourth-order valence-corrected chi connectivity index (χ4v) is 9.12. The average molecular weight is 752 g/mol. The third kappa shape index (κ3) is 6.44. The Kier molecular flexibility index (Phi) is 9.05. The molecule has 0 amide bonds. The smallest absolute Gasteiger partial charge is 0.0540 e. The summed E-state index contributed by atoms with van der Waals surface area (Å²) in [4.78, 5) is 2.47. The van der Waals surface area contributed by atoms with Crippen molar-refractivity contribution in [3.05, 3.63) is 198 Å². The molecule has 0 heterocycles. The SMILES string of the molecule is CC(C)(C)c1cc(-c2cccc3cccc(-c4ccccc4N(c4ccccc4)c4ccccc4-c4ccc5c(c4)C(C)(C)c4ccccc4-5)c23)cc(C(C)(C)C)c1. The Morgan fingerprint density at radius 2 is 0.897 bits per heavy atom. The molecule has 0 saturated heterocycles. The standard InChI is InChI=1S/C57H53N/c1-55(2,3)41-34-40(35-42(37-41)56(4,5)6)45-27-18-20-38-21-19-28-49(54(38)45)48-26-14-17-31-53(48)58(43-22-10-9-11-23-43)52-30-16-13-24-44(52)39-32-33-47-46-25-12-15-29-50(46)57(7,8)51(47)36-39/h9-37H,1-8H3. The van der Waals surface area contributed by atoms with Gasteiger partial charge in [-0.05, 0) is 108 Å². The van der Waals surface area contributed by atoms with Gasteiger partial charge in [-0.1, -0.05) is 201 Å². The molecule has 0 saturated carbocycles. The fourth-order valence-electron chi connectivity index (χ4n) is 9.12. The van der Waals surface area contributed by atoms with E-state index >= 15 is 0 Å². The Hall–Kier alpha value is -6.18. The van der Waals surface area contributed by atoms with Gasteiger partial charge in [0.25, 0.3) is 0 Å². The van der Waals surface area contributed by atoms with E-state index in [1.54, 1.807) is 0 Å². The molecule has 0 atom stereocenters. The van der Waals surface area contributed by atoms with Crippen molar-refractivity contribution in [3.63, 3.8) is 0 Å². The lowest BCUT2D eigenvalue weighted by atomic mass is 9.78. The van der Waals surface area contributed by atoms with E-state index in [4.69, 9.17) is 0 Å². The van der Waals surface area contributed by atoms with E-state index in [0.29, 0.717) is 0 Å². The topological polar surface area (TPSA) is 3.24 Å². The zero-order valence-electron chi connectivity index (χ0n) is 35.2. The molecule has 0 spiro atoms. The van der Waals surface area contributed by atoms with Crippen LogP contribution in [0, 0.1) is 0 Å². The molecule has 0 N–H and O–H groups in total. The maximum Gasteiger partial charge on any atom is 0.0540 e. The zero-order valence-corrected chi connectivity index (χ0v) is 35.2. The van der Waals surface area contributed by atoms with Gasteiger partial charge in [-0.15, -0.1) is 0 Å². The predicted molar refractivity (Wildman–Crippen MR) is 250 cm³/mol. The van der Waals surface area contributed by atoms with Crippen LogP contribution in [0.15, 0.2) is 176 Å². The first kappa shape index (κ1) is 37.4. The van der Waals surface area contributed by atoms with Crippen molar-refractivity contribution in [2.24, 2.45) is 0 Å². The van der Waals surface area contributed by atoms with E-state index in [2.05, 4.69) is 236 Å². The van der Waals surface area contributed by atoms with Crippen LogP contribution in [-0.4, -0.2) is 0 Å². The Morgan fingerprint density at radius 3 is 1.55 bits per heavy atom. The predicted octanol–water partition coefficient (Wildman–Crippen LogP) is 16.2. The molecule has 0 aromatic heterocycles. The lowest BCUT2D eigenvalue weighted by molar-refractivity contribution is 0.569. The summed E-state index contributed by atoms with van der Waals surface area (Å²) in [6, 6.07) is 65.6. The van der Waals surface area contributed by atoms with Crippen molar-refractivity contribution in [1.29, 1.82) is 0 Å². The van der Waals surface area contributed by atoms with E-state index in [-0.39, 0.29) is 16.2 Å². The molecule has 0 unspecified atom stereocenters. The summed E-state index contributed by atoms with van der Waals surface area (Å²) in [5, 5.41) is 2.50. The number of hydrogen-bond donors (Lipinski definition) is 0. The van der Waals surface area contributed by atoms with Crippen molar-refractivity contribution >= 4 is 27.8 Å². The molecule has 1 aliphatic rings. The van der Waals surface area contributed by atoms with Crippen molar-refractivity contribution in [1.82, 2.24) is 0 Å². The molecule has 286 valence electrons. The van der Waals surface area contributed by atoms with Crippen molar-refractivity contribution in [2.45, 2.75) is 71.6 Å². The third-order valence-corrected chi connectivity index (χ3v) is 12.4. The normalized spacial score (nSPS) is 13.3. The lowest BCUT2D eigenvalue weighted by Gasteiger charge is -2.30. The first-order chi connectivity index (χ1) is 27.8. The Bertz CT molecular complexity index is 2790. The van der Waals surface area contributed by atoms with Crippen LogP contribution in [0.25, 0.3) is 55.3 Å². The fraction of sp³-hybridized carbons (Fsp3) is 0.193. The van der Waals surface area contributed by atoms with Gasteiger partial charge in [0.15, 0.2) is 0 Å². The van der Waals surface area contributed by atoms with Gasteiger partial charge < -0.3 is 4.90 Å². The summed E-state index contributed by atoms with van der Waals surface area (Å²) < 4.78 is 0. The Morgan fingerprint density at radius 1 is 0.379 bits per heavy atom. The number of rotatable bonds is 6. The minimum Gasteiger partial charge on any atom is -0.309 e. The van der Waals surface area contributed by atoms with E-state index in [1.807, 2.05) is 0 Å². The van der Waals surface area contributed by atoms with Gasteiger partial charge in [-0.3, -0.25) is 0 Å². The molecule has 58 heavy (non-hydrogen) atoms. The van der Waals surface area contributed by atoms with Gasteiger partial charge in [0, 0.05) is 22.2 Å². The van der Waals surface area contributed by atoms with E-state index < -0.39 is 0 Å². The van der Waals surface area contributed by atoms with E-state index in [9.17, 15) is 0 Å².